The number of allylic oxidation sites excluding steroid dienone is 3. The minimum atomic E-state index is -1.56. The lowest BCUT2D eigenvalue weighted by Crippen LogP contribution is -2.57. The monoisotopic (exact) mass is 446 g/mol. The molecule has 0 N–H and O–H groups in total. The Kier molecular flexibility index (Phi) is 5.40. The lowest BCUT2D eigenvalue weighted by atomic mass is 9.46. The Balaban J connectivity index is 1.57. The molecule has 3 saturated carbocycles. The number of hydrogen-bond acceptors (Lipinski definition) is 2. The molecule has 0 bridgehead atoms. The summed E-state index contributed by atoms with van der Waals surface area (Å²) in [7, 11) is -3.11. The predicted octanol–water partition coefficient (Wildman–Crippen LogP) is 7.76. The van der Waals surface area contributed by atoms with Crippen LogP contribution in [0.5, 0.6) is 0 Å². The van der Waals surface area contributed by atoms with Crippen LogP contribution in [0.15, 0.2) is 24.0 Å². The summed E-state index contributed by atoms with van der Waals surface area (Å²) in [5.74, 6) is 4.28. The van der Waals surface area contributed by atoms with Crippen molar-refractivity contribution in [2.45, 2.75) is 104 Å². The standard InChI is InChI=1S/C26H46O2Si2/c1-24-15-12-20(27-29(4,5)6)18-19(24)10-11-21-22(24)13-16-25(2)23(21)14-17-26(25,3)28-30(7,8)9/h12,15,18-19,21-23H,10-11,13-14,16-17H2,1-9H3/t19-,21?,22?,23?,24?,25?,26-/m1/s1. The third kappa shape index (κ3) is 3.73. The van der Waals surface area contributed by atoms with E-state index in [0.29, 0.717) is 16.7 Å². The molecule has 0 spiro atoms. The second-order valence-corrected chi connectivity index (χ2v) is 22.3. The summed E-state index contributed by atoms with van der Waals surface area (Å²) in [5.41, 5.74) is 0.721. The van der Waals surface area contributed by atoms with E-state index in [1.54, 1.807) is 0 Å². The first-order valence-electron chi connectivity index (χ1n) is 12.5. The fraction of sp³-hybridized carbons (Fsp3) is 0.846. The minimum Gasteiger partial charge on any atom is -0.545 e. The van der Waals surface area contributed by atoms with Crippen molar-refractivity contribution in [3.63, 3.8) is 0 Å². The zero-order valence-corrected chi connectivity index (χ0v) is 23.1. The van der Waals surface area contributed by atoms with E-state index in [1.807, 2.05) is 0 Å². The van der Waals surface area contributed by atoms with Crippen LogP contribution in [-0.4, -0.2) is 22.2 Å². The fourth-order valence-corrected chi connectivity index (χ4v) is 10.5. The van der Waals surface area contributed by atoms with Crippen molar-refractivity contribution in [2.75, 3.05) is 0 Å². The molecule has 0 aliphatic heterocycles. The van der Waals surface area contributed by atoms with Crippen LogP contribution >= 0.6 is 0 Å². The van der Waals surface area contributed by atoms with Crippen LogP contribution < -0.4 is 0 Å². The first-order chi connectivity index (χ1) is 13.7. The van der Waals surface area contributed by atoms with Crippen molar-refractivity contribution < 1.29 is 8.85 Å². The Morgan fingerprint density at radius 3 is 2.13 bits per heavy atom. The van der Waals surface area contributed by atoms with Crippen LogP contribution in [0.4, 0.5) is 0 Å². The van der Waals surface area contributed by atoms with E-state index < -0.39 is 16.6 Å². The molecule has 2 nitrogen and oxygen atoms in total. The zero-order valence-electron chi connectivity index (χ0n) is 21.1. The lowest BCUT2D eigenvalue weighted by molar-refractivity contribution is -0.117. The Hall–Kier alpha value is -0.326. The molecule has 0 heterocycles. The molecule has 0 amide bonds. The number of fused-ring (bicyclic) bond motifs is 5. The summed E-state index contributed by atoms with van der Waals surface area (Å²) in [5, 5.41) is 0. The maximum atomic E-state index is 6.93. The van der Waals surface area contributed by atoms with E-state index in [1.165, 1.54) is 38.5 Å². The van der Waals surface area contributed by atoms with Gasteiger partial charge in [0.25, 0.3) is 0 Å². The van der Waals surface area contributed by atoms with Gasteiger partial charge in [-0.15, -0.1) is 0 Å². The first kappa shape index (κ1) is 22.9. The zero-order chi connectivity index (χ0) is 22.2. The molecule has 4 heteroatoms. The Bertz CT molecular complexity index is 745. The highest BCUT2D eigenvalue weighted by atomic mass is 28.4. The van der Waals surface area contributed by atoms with Gasteiger partial charge in [-0.1, -0.05) is 19.9 Å². The highest BCUT2D eigenvalue weighted by molar-refractivity contribution is 6.70. The van der Waals surface area contributed by atoms with Gasteiger partial charge in [0.15, 0.2) is 8.32 Å². The second-order valence-electron chi connectivity index (χ2n) is 13.5. The van der Waals surface area contributed by atoms with Crippen molar-refractivity contribution in [2.24, 2.45) is 34.5 Å². The van der Waals surface area contributed by atoms with Gasteiger partial charge in [-0.3, -0.25) is 0 Å². The number of rotatable bonds is 4. The smallest absolute Gasteiger partial charge is 0.242 e. The Morgan fingerprint density at radius 1 is 0.833 bits per heavy atom. The first-order valence-corrected chi connectivity index (χ1v) is 19.3. The van der Waals surface area contributed by atoms with E-state index >= 15 is 0 Å². The summed E-state index contributed by atoms with van der Waals surface area (Å²) in [6.07, 6.45) is 15.4. The third-order valence-electron chi connectivity index (χ3n) is 9.30. The van der Waals surface area contributed by atoms with E-state index in [0.717, 1.165) is 23.5 Å². The molecule has 0 aromatic heterocycles. The Labute approximate surface area is 188 Å². The molecule has 5 unspecified atom stereocenters. The molecule has 7 atom stereocenters. The van der Waals surface area contributed by atoms with Crippen molar-refractivity contribution in [1.82, 2.24) is 0 Å². The van der Waals surface area contributed by atoms with Gasteiger partial charge in [0, 0.05) is 0 Å². The molecule has 3 fully saturated rings. The predicted molar refractivity (Wildman–Crippen MR) is 132 cm³/mol. The summed E-state index contributed by atoms with van der Waals surface area (Å²) in [6, 6.07) is 0. The summed E-state index contributed by atoms with van der Waals surface area (Å²) < 4.78 is 13.3. The topological polar surface area (TPSA) is 18.5 Å². The molecule has 0 saturated heterocycles. The summed E-state index contributed by atoms with van der Waals surface area (Å²) in [6.45, 7) is 21.6. The highest BCUT2D eigenvalue weighted by Crippen LogP contribution is 2.68. The largest absolute Gasteiger partial charge is 0.545 e. The minimum absolute atomic E-state index is 0.0749. The van der Waals surface area contributed by atoms with Gasteiger partial charge in [0.05, 0.1) is 11.4 Å². The fourth-order valence-electron chi connectivity index (χ4n) is 7.94. The van der Waals surface area contributed by atoms with Crippen LogP contribution in [0.2, 0.25) is 39.3 Å². The van der Waals surface area contributed by atoms with Crippen molar-refractivity contribution in [3.8, 4) is 0 Å². The van der Waals surface area contributed by atoms with Gasteiger partial charge in [-0.2, -0.15) is 0 Å². The second kappa shape index (κ2) is 7.08. The molecule has 0 aromatic carbocycles. The molecular weight excluding hydrogens is 400 g/mol. The Morgan fingerprint density at radius 2 is 1.50 bits per heavy atom. The van der Waals surface area contributed by atoms with Crippen LogP contribution in [0, 0.1) is 34.5 Å². The molecule has 0 aromatic rings. The average molecular weight is 447 g/mol. The van der Waals surface area contributed by atoms with E-state index in [-0.39, 0.29) is 5.60 Å². The summed E-state index contributed by atoms with van der Waals surface area (Å²) in [4.78, 5) is 0. The van der Waals surface area contributed by atoms with Gasteiger partial charge in [0.1, 0.15) is 0 Å². The molecule has 170 valence electrons. The maximum absolute atomic E-state index is 6.93. The van der Waals surface area contributed by atoms with Gasteiger partial charge in [-0.25, -0.2) is 0 Å². The SMILES string of the molecule is CC12C=CC(O[Si](C)(C)C)=C[C@H]1CCC1C2CCC2(C)C1CC[C@@]2(C)O[Si](C)(C)C. The van der Waals surface area contributed by atoms with Crippen molar-refractivity contribution in [3.05, 3.63) is 24.0 Å². The van der Waals surface area contributed by atoms with Crippen LogP contribution in [0.1, 0.15) is 59.3 Å². The highest BCUT2D eigenvalue weighted by Gasteiger charge is 2.63. The van der Waals surface area contributed by atoms with Gasteiger partial charge >= 0.3 is 0 Å². The van der Waals surface area contributed by atoms with Crippen LogP contribution in [0.3, 0.4) is 0 Å². The molecule has 30 heavy (non-hydrogen) atoms. The lowest BCUT2D eigenvalue weighted by Gasteiger charge is -2.60. The van der Waals surface area contributed by atoms with Gasteiger partial charge in [-0.05, 0) is 131 Å². The van der Waals surface area contributed by atoms with E-state index in [4.69, 9.17) is 8.85 Å². The van der Waals surface area contributed by atoms with E-state index in [2.05, 4.69) is 78.3 Å². The molecule has 0 radical (unpaired) electrons. The van der Waals surface area contributed by atoms with Gasteiger partial charge in [0.2, 0.25) is 8.32 Å². The van der Waals surface area contributed by atoms with Gasteiger partial charge < -0.3 is 8.85 Å². The normalized spacial score (nSPS) is 46.0. The maximum Gasteiger partial charge on any atom is 0.242 e. The van der Waals surface area contributed by atoms with E-state index in [9.17, 15) is 0 Å². The average Bonchev–Trinajstić information content (AvgIpc) is 2.83. The van der Waals surface area contributed by atoms with Crippen LogP contribution in [0.25, 0.3) is 0 Å². The van der Waals surface area contributed by atoms with Crippen molar-refractivity contribution in [1.29, 1.82) is 0 Å². The molecule has 4 rings (SSSR count). The van der Waals surface area contributed by atoms with Crippen molar-refractivity contribution >= 4 is 16.6 Å². The third-order valence-corrected chi connectivity index (χ3v) is 11.2. The number of hydrogen-bond donors (Lipinski definition) is 0. The molecule has 4 aliphatic carbocycles. The summed E-state index contributed by atoms with van der Waals surface area (Å²) >= 11 is 0. The quantitative estimate of drug-likeness (QED) is 0.411. The van der Waals surface area contributed by atoms with Crippen LogP contribution in [-0.2, 0) is 8.85 Å². The molecular formula is C26H46O2Si2. The molecule has 4 aliphatic rings.